The maximum Gasteiger partial charge on any atom is 0.254 e. The fraction of sp³-hybridized carbons (Fsp3) is 0.368. The molecule has 0 aliphatic heterocycles. The number of amides is 1. The van der Waals surface area contributed by atoms with Crippen LogP contribution in [0.3, 0.4) is 0 Å². The van der Waals surface area contributed by atoms with Crippen molar-refractivity contribution in [1.29, 1.82) is 0 Å². The lowest BCUT2D eigenvalue weighted by Crippen LogP contribution is -2.44. The quantitative estimate of drug-likeness (QED) is 0.483. The number of aromatic nitrogens is 3. The van der Waals surface area contributed by atoms with E-state index in [4.69, 9.17) is 11.5 Å². The van der Waals surface area contributed by atoms with Gasteiger partial charge in [0, 0.05) is 34.7 Å². The average molecular weight is 395 g/mol. The lowest BCUT2D eigenvalue weighted by Gasteiger charge is -2.25. The molecule has 9 heteroatoms. The Morgan fingerprint density at radius 1 is 1.32 bits per heavy atom. The molecule has 0 bridgehead atoms. The van der Waals surface area contributed by atoms with E-state index in [1.165, 1.54) is 30.4 Å². The van der Waals surface area contributed by atoms with Gasteiger partial charge in [0.25, 0.3) is 5.91 Å². The second kappa shape index (κ2) is 6.39. The summed E-state index contributed by atoms with van der Waals surface area (Å²) in [6.45, 7) is 0. The van der Waals surface area contributed by atoms with Crippen LogP contribution in [0.4, 0.5) is 17.5 Å². The lowest BCUT2D eigenvalue weighted by atomic mass is 10.0. The number of pyridine rings is 1. The third-order valence-electron chi connectivity index (χ3n) is 5.48. The minimum atomic E-state index is -0.581. The molecule has 1 atom stereocenters. The molecule has 3 aromatic rings. The summed E-state index contributed by atoms with van der Waals surface area (Å²) >= 11 is 1.52. The van der Waals surface area contributed by atoms with E-state index in [0.29, 0.717) is 17.7 Å². The zero-order valence-corrected chi connectivity index (χ0v) is 16.0. The number of hydrogen-bond donors (Lipinski definition) is 4. The molecule has 28 heavy (non-hydrogen) atoms. The van der Waals surface area contributed by atoms with Crippen LogP contribution in [0.5, 0.6) is 0 Å². The molecule has 5 rings (SSSR count). The van der Waals surface area contributed by atoms with E-state index in [1.807, 2.05) is 17.5 Å². The number of primary amides is 1. The SMILES string of the molecule is NC(=O)c1cnc(N[C@H](C2CC2)C2(N)CC2)nc1Nc1csc2ncccc12. The first-order valence-corrected chi connectivity index (χ1v) is 10.2. The summed E-state index contributed by atoms with van der Waals surface area (Å²) in [5, 5.41) is 9.57. The van der Waals surface area contributed by atoms with E-state index in [0.717, 1.165) is 28.7 Å². The third-order valence-corrected chi connectivity index (χ3v) is 6.38. The zero-order chi connectivity index (χ0) is 19.3. The van der Waals surface area contributed by atoms with Gasteiger partial charge in [-0.15, -0.1) is 11.3 Å². The first-order chi connectivity index (χ1) is 13.5. The van der Waals surface area contributed by atoms with E-state index in [2.05, 4.69) is 25.6 Å². The second-order valence-corrected chi connectivity index (χ2v) is 8.50. The first-order valence-electron chi connectivity index (χ1n) is 9.35. The molecular formula is C19H21N7OS. The number of nitrogens with zero attached hydrogens (tertiary/aromatic N) is 3. The largest absolute Gasteiger partial charge is 0.365 e. The number of hydrogen-bond acceptors (Lipinski definition) is 8. The minimum absolute atomic E-state index is 0.158. The molecule has 2 saturated carbocycles. The van der Waals surface area contributed by atoms with Crippen LogP contribution in [0, 0.1) is 5.92 Å². The topological polar surface area (TPSA) is 132 Å². The van der Waals surface area contributed by atoms with Gasteiger partial charge in [-0.2, -0.15) is 4.98 Å². The van der Waals surface area contributed by atoms with Gasteiger partial charge in [0.05, 0.1) is 5.69 Å². The molecule has 0 radical (unpaired) electrons. The van der Waals surface area contributed by atoms with Crippen molar-refractivity contribution in [2.75, 3.05) is 10.6 Å². The Morgan fingerprint density at radius 3 is 2.86 bits per heavy atom. The van der Waals surface area contributed by atoms with Gasteiger partial charge in [-0.25, -0.2) is 9.97 Å². The number of anilines is 3. The molecule has 6 N–H and O–H groups in total. The molecule has 0 unspecified atom stereocenters. The van der Waals surface area contributed by atoms with Gasteiger partial charge in [0.1, 0.15) is 16.2 Å². The molecule has 0 saturated heterocycles. The molecule has 0 aromatic carbocycles. The molecule has 3 heterocycles. The van der Waals surface area contributed by atoms with Crippen molar-refractivity contribution in [2.45, 2.75) is 37.3 Å². The fourth-order valence-electron chi connectivity index (χ4n) is 3.57. The highest BCUT2D eigenvalue weighted by Gasteiger charge is 2.52. The number of carbonyl (C=O) groups excluding carboxylic acids is 1. The van der Waals surface area contributed by atoms with Crippen LogP contribution in [0.2, 0.25) is 0 Å². The van der Waals surface area contributed by atoms with Crippen LogP contribution in [0.25, 0.3) is 10.2 Å². The summed E-state index contributed by atoms with van der Waals surface area (Å²) < 4.78 is 0. The Balaban J connectivity index is 1.47. The van der Waals surface area contributed by atoms with Gasteiger partial charge in [-0.3, -0.25) is 4.79 Å². The number of carbonyl (C=O) groups is 1. The summed E-state index contributed by atoms with van der Waals surface area (Å²) in [5.41, 5.74) is 12.9. The molecule has 2 fully saturated rings. The number of fused-ring (bicyclic) bond motifs is 1. The highest BCUT2D eigenvalue weighted by Crippen LogP contribution is 2.47. The van der Waals surface area contributed by atoms with E-state index >= 15 is 0 Å². The van der Waals surface area contributed by atoms with Crippen LogP contribution in [0.1, 0.15) is 36.0 Å². The first kappa shape index (κ1) is 17.3. The molecule has 0 spiro atoms. The number of nitrogens with two attached hydrogens (primary N) is 2. The van der Waals surface area contributed by atoms with Gasteiger partial charge in [0.2, 0.25) is 5.95 Å². The molecule has 144 valence electrons. The van der Waals surface area contributed by atoms with Gasteiger partial charge >= 0.3 is 0 Å². The van der Waals surface area contributed by atoms with Crippen molar-refractivity contribution in [1.82, 2.24) is 15.0 Å². The zero-order valence-electron chi connectivity index (χ0n) is 15.2. The van der Waals surface area contributed by atoms with Crippen LogP contribution >= 0.6 is 11.3 Å². The maximum atomic E-state index is 11.9. The van der Waals surface area contributed by atoms with Crippen molar-refractivity contribution in [3.8, 4) is 0 Å². The normalized spacial score (nSPS) is 18.6. The fourth-order valence-corrected chi connectivity index (χ4v) is 4.42. The molecular weight excluding hydrogens is 374 g/mol. The van der Waals surface area contributed by atoms with Crippen LogP contribution in [-0.2, 0) is 0 Å². The van der Waals surface area contributed by atoms with Crippen molar-refractivity contribution < 1.29 is 4.79 Å². The van der Waals surface area contributed by atoms with Crippen LogP contribution < -0.4 is 22.1 Å². The summed E-state index contributed by atoms with van der Waals surface area (Å²) in [6, 6.07) is 4.00. The summed E-state index contributed by atoms with van der Waals surface area (Å²) in [6.07, 6.45) is 7.60. The Bertz CT molecular complexity index is 1060. The molecule has 2 aliphatic carbocycles. The van der Waals surface area contributed by atoms with E-state index in [1.54, 1.807) is 6.20 Å². The Morgan fingerprint density at radius 2 is 2.14 bits per heavy atom. The van der Waals surface area contributed by atoms with Crippen molar-refractivity contribution in [2.24, 2.45) is 17.4 Å². The molecule has 1 amide bonds. The minimum Gasteiger partial charge on any atom is -0.365 e. The Labute approximate surface area is 165 Å². The molecule has 2 aliphatic rings. The van der Waals surface area contributed by atoms with E-state index < -0.39 is 5.91 Å². The third kappa shape index (κ3) is 3.16. The summed E-state index contributed by atoms with van der Waals surface area (Å²) in [4.78, 5) is 26.0. The van der Waals surface area contributed by atoms with Crippen molar-refractivity contribution in [3.63, 3.8) is 0 Å². The number of thiophene rings is 1. The lowest BCUT2D eigenvalue weighted by molar-refractivity contribution is 0.100. The van der Waals surface area contributed by atoms with Gasteiger partial charge < -0.3 is 22.1 Å². The van der Waals surface area contributed by atoms with Crippen LogP contribution in [0.15, 0.2) is 29.9 Å². The highest BCUT2D eigenvalue weighted by molar-refractivity contribution is 7.17. The predicted octanol–water partition coefficient (Wildman–Crippen LogP) is 2.61. The van der Waals surface area contributed by atoms with Crippen molar-refractivity contribution >= 4 is 44.9 Å². The maximum absolute atomic E-state index is 11.9. The second-order valence-electron chi connectivity index (χ2n) is 7.64. The van der Waals surface area contributed by atoms with Gasteiger partial charge in [0.15, 0.2) is 0 Å². The van der Waals surface area contributed by atoms with E-state index in [9.17, 15) is 4.79 Å². The molecule has 3 aromatic heterocycles. The molecule has 8 nitrogen and oxygen atoms in total. The van der Waals surface area contributed by atoms with Gasteiger partial charge in [-0.1, -0.05) is 0 Å². The number of rotatable bonds is 7. The smallest absolute Gasteiger partial charge is 0.254 e. The van der Waals surface area contributed by atoms with E-state index in [-0.39, 0.29) is 17.1 Å². The monoisotopic (exact) mass is 395 g/mol. The van der Waals surface area contributed by atoms with Crippen LogP contribution in [-0.4, -0.2) is 32.4 Å². The summed E-state index contributed by atoms with van der Waals surface area (Å²) in [7, 11) is 0. The highest BCUT2D eigenvalue weighted by atomic mass is 32.1. The Hall–Kier alpha value is -2.78. The van der Waals surface area contributed by atoms with Crippen molar-refractivity contribution in [3.05, 3.63) is 35.5 Å². The number of nitrogens with one attached hydrogen (secondary N) is 2. The van der Waals surface area contributed by atoms with Gasteiger partial charge in [-0.05, 0) is 43.7 Å². The standard InChI is InChI=1S/C19H21N7OS/c20-15(27)12-8-23-18(25-14(10-3-4-10)19(21)5-6-19)26-16(12)24-13-9-28-17-11(13)2-1-7-22-17/h1-2,7-10,14H,3-6,21H2,(H2,20,27)(H2,23,24,25,26)/t14-/m1/s1. The average Bonchev–Trinajstić information content (AvgIpc) is 3.61. The Kier molecular flexibility index (Phi) is 3.95. The predicted molar refractivity (Wildman–Crippen MR) is 110 cm³/mol. The summed E-state index contributed by atoms with van der Waals surface area (Å²) in [5.74, 6) is 0.821.